The number of benzene rings is 7. The van der Waals surface area contributed by atoms with Crippen molar-refractivity contribution in [3.05, 3.63) is 211 Å². The first-order chi connectivity index (χ1) is 30.8. The minimum absolute atomic E-state index is 0.374. The second-order valence-corrected chi connectivity index (χ2v) is 18.4. The highest BCUT2D eigenvalue weighted by Crippen LogP contribution is 2.56. The highest BCUT2D eigenvalue weighted by Gasteiger charge is 2.72. The molecule has 0 aliphatic heterocycles. The first-order valence-electron chi connectivity index (χ1n) is 21.6. The molecule has 66 heavy (non-hydrogen) atoms. The molecular formula is C57H58F6O2S. The highest BCUT2D eigenvalue weighted by atomic mass is 32.2. The van der Waals surface area contributed by atoms with E-state index in [-0.39, 0.29) is 0 Å². The molecule has 0 spiro atoms. The Balaban J connectivity index is 0.000000187. The molecular weight excluding hydrogens is 863 g/mol. The smallest absolute Gasteiger partial charge is 0.397 e. The van der Waals surface area contributed by atoms with Crippen molar-refractivity contribution in [1.29, 1.82) is 0 Å². The predicted molar refractivity (Wildman–Crippen MR) is 260 cm³/mol. The van der Waals surface area contributed by atoms with Gasteiger partial charge in [0.2, 0.25) is 16.5 Å². The largest absolute Gasteiger partial charge is 0.411 e. The second-order valence-electron chi connectivity index (χ2n) is 17.3. The van der Waals surface area contributed by atoms with Gasteiger partial charge < -0.3 is 4.18 Å². The van der Waals surface area contributed by atoms with Crippen LogP contribution in [0.25, 0.3) is 22.3 Å². The lowest BCUT2D eigenvalue weighted by Gasteiger charge is -2.38. The third-order valence-electron chi connectivity index (χ3n) is 12.6. The summed E-state index contributed by atoms with van der Waals surface area (Å²) >= 11 is -1.47. The molecule has 0 aromatic heterocycles. The molecule has 7 aromatic rings. The third-order valence-corrected chi connectivity index (χ3v) is 13.6. The quantitative estimate of drug-likeness (QED) is 0.149. The molecule has 0 amide bonds. The second kappa shape index (κ2) is 20.7. The Labute approximate surface area is 389 Å². The van der Waals surface area contributed by atoms with Gasteiger partial charge in [0.25, 0.3) is 0 Å². The van der Waals surface area contributed by atoms with Crippen LogP contribution in [0.3, 0.4) is 0 Å². The van der Waals surface area contributed by atoms with Crippen molar-refractivity contribution in [3.63, 3.8) is 0 Å². The summed E-state index contributed by atoms with van der Waals surface area (Å²) in [7, 11) is 0. The summed E-state index contributed by atoms with van der Waals surface area (Å²) in [4.78, 5) is 0.696. The molecule has 7 rings (SSSR count). The minimum Gasteiger partial charge on any atom is -0.397 e. The maximum Gasteiger partial charge on any atom is 0.411 e. The Morgan fingerprint density at radius 2 is 0.636 bits per heavy atom. The van der Waals surface area contributed by atoms with E-state index in [2.05, 4.69) is 88.4 Å². The van der Waals surface area contributed by atoms with Crippen molar-refractivity contribution < 1.29 is 34.7 Å². The van der Waals surface area contributed by atoms with Crippen molar-refractivity contribution in [3.8, 4) is 28.0 Å². The van der Waals surface area contributed by atoms with Crippen LogP contribution < -0.4 is 4.18 Å². The lowest BCUT2D eigenvalue weighted by molar-refractivity contribution is -0.288. The summed E-state index contributed by atoms with van der Waals surface area (Å²) in [5.41, 5.74) is 11.4. The summed E-state index contributed by atoms with van der Waals surface area (Å²) in [6.07, 6.45) is -11.1. The van der Waals surface area contributed by atoms with Crippen LogP contribution in [0.1, 0.15) is 77.9 Å². The van der Waals surface area contributed by atoms with Gasteiger partial charge in [-0.15, -0.1) is 0 Å². The first kappa shape index (κ1) is 51.1. The van der Waals surface area contributed by atoms with Gasteiger partial charge in [-0.25, -0.2) is 4.21 Å². The van der Waals surface area contributed by atoms with Gasteiger partial charge in [-0.2, -0.15) is 26.3 Å². The number of hydrogen-bond donors (Lipinski definition) is 0. The molecule has 0 saturated carbocycles. The van der Waals surface area contributed by atoms with Gasteiger partial charge in [-0.05, 0) is 207 Å². The number of alkyl halides is 6. The summed E-state index contributed by atoms with van der Waals surface area (Å²) in [6.45, 7) is 23.0. The summed E-state index contributed by atoms with van der Waals surface area (Å²) < 4.78 is 102. The molecule has 0 radical (unpaired) electrons. The number of aryl methyl sites for hydroxylation is 12. The van der Waals surface area contributed by atoms with Gasteiger partial charge in [0.15, 0.2) is 0 Å². The van der Waals surface area contributed by atoms with Gasteiger partial charge in [0.1, 0.15) is 5.75 Å². The average molecular weight is 921 g/mol. The van der Waals surface area contributed by atoms with Gasteiger partial charge in [-0.3, -0.25) is 0 Å². The van der Waals surface area contributed by atoms with Crippen LogP contribution in [0.2, 0.25) is 0 Å². The highest BCUT2D eigenvalue weighted by molar-refractivity contribution is 7.80. The molecule has 346 valence electrons. The van der Waals surface area contributed by atoms with Gasteiger partial charge >= 0.3 is 12.4 Å². The van der Waals surface area contributed by atoms with Crippen LogP contribution >= 0.6 is 0 Å². The molecule has 9 heteroatoms. The van der Waals surface area contributed by atoms with Crippen molar-refractivity contribution >= 4 is 11.1 Å². The first-order valence-corrected chi connectivity index (χ1v) is 22.7. The van der Waals surface area contributed by atoms with E-state index in [0.29, 0.717) is 32.9 Å². The van der Waals surface area contributed by atoms with Crippen LogP contribution in [-0.2, 0) is 16.5 Å². The van der Waals surface area contributed by atoms with E-state index in [1.165, 1.54) is 81.6 Å². The zero-order chi connectivity index (χ0) is 48.9. The Morgan fingerprint density at radius 1 is 0.333 bits per heavy atom. The summed E-state index contributed by atoms with van der Waals surface area (Å²) in [6, 6.07) is 40.0. The number of hydrogen-bond acceptors (Lipinski definition) is 2. The van der Waals surface area contributed by atoms with Crippen molar-refractivity contribution in [2.24, 2.45) is 0 Å². The van der Waals surface area contributed by atoms with E-state index in [9.17, 15) is 30.6 Å². The topological polar surface area (TPSA) is 26.3 Å². The fourth-order valence-corrected chi connectivity index (χ4v) is 8.17. The van der Waals surface area contributed by atoms with E-state index >= 15 is 0 Å². The average Bonchev–Trinajstić information content (AvgIpc) is 3.24. The summed E-state index contributed by atoms with van der Waals surface area (Å²) in [5.74, 6) is 0.639. The van der Waals surface area contributed by atoms with Crippen LogP contribution in [0.15, 0.2) is 138 Å². The van der Waals surface area contributed by atoms with Gasteiger partial charge in [0.05, 0.1) is 4.90 Å². The molecule has 0 heterocycles. The zero-order valence-corrected chi connectivity index (χ0v) is 40.5. The van der Waals surface area contributed by atoms with Crippen LogP contribution in [0.4, 0.5) is 26.3 Å². The molecule has 1 unspecified atom stereocenters. The van der Waals surface area contributed by atoms with E-state index < -0.39 is 40.0 Å². The zero-order valence-electron chi connectivity index (χ0n) is 39.7. The summed E-state index contributed by atoms with van der Waals surface area (Å²) in [5, 5.41) is 0. The molecule has 1 atom stereocenters. The molecule has 7 aromatic carbocycles. The lowest BCUT2D eigenvalue weighted by atomic mass is 9.71. The van der Waals surface area contributed by atoms with E-state index in [4.69, 9.17) is 4.18 Å². The number of rotatable bonds is 7. The molecule has 0 aliphatic carbocycles. The molecule has 0 fully saturated rings. The fourth-order valence-electron chi connectivity index (χ4n) is 7.35. The Hall–Kier alpha value is -5.93. The normalized spacial score (nSPS) is 12.1. The van der Waals surface area contributed by atoms with Crippen LogP contribution in [-0.4, -0.2) is 16.6 Å². The lowest BCUT2D eigenvalue weighted by Crippen LogP contribution is -2.54. The maximum absolute atomic E-state index is 14.0. The van der Waals surface area contributed by atoms with Crippen molar-refractivity contribution in [2.75, 3.05) is 0 Å². The molecule has 0 aliphatic rings. The van der Waals surface area contributed by atoms with E-state index in [1.807, 2.05) is 64.1 Å². The standard InChI is InChI=1S/C22H22.C19H18F6.C16H18O2S/c1-15-5-7-21(13-17(15)3)19-9-11-20(12-10-19)22-8-6-16(2)18(4)14-22;1-11-5-7-15(9-13(11)3)17(18(20,21)22,19(23,24)25)16-8-6-12(2)14(4)10-16;1-11-5-7-15(9-13(11)3)18-19(17)16-8-6-12(2)14(4)10-16/h5-14H,1-4H3;5-10H,1-4H3;5-10H,1-4H3. The fraction of sp³-hybridized carbons (Fsp3) is 0.263. The van der Waals surface area contributed by atoms with Crippen LogP contribution in [0.5, 0.6) is 5.75 Å². The monoisotopic (exact) mass is 920 g/mol. The number of halogens is 6. The Morgan fingerprint density at radius 3 is 0.970 bits per heavy atom. The van der Waals surface area contributed by atoms with Gasteiger partial charge in [0, 0.05) is 0 Å². The van der Waals surface area contributed by atoms with Crippen molar-refractivity contribution in [2.45, 2.75) is 106 Å². The third kappa shape index (κ3) is 11.5. The maximum atomic E-state index is 14.0. The molecule has 0 saturated heterocycles. The van der Waals surface area contributed by atoms with Gasteiger partial charge in [-0.1, -0.05) is 109 Å². The molecule has 0 N–H and O–H groups in total. The Kier molecular flexibility index (Phi) is 16.0. The SMILES string of the molecule is Cc1ccc(-c2ccc(-c3ccc(C)c(C)c3)cc2)cc1C.Cc1ccc(C(c2ccc(C)c(C)c2)(C(F)(F)F)C(F)(F)F)cc1C.Cc1ccc(OS(=O)c2ccc(C)c(C)c2)cc1C. The van der Waals surface area contributed by atoms with Crippen LogP contribution in [0, 0.1) is 83.1 Å². The van der Waals surface area contributed by atoms with Crippen molar-refractivity contribution in [1.82, 2.24) is 0 Å². The Bertz CT molecular complexity index is 2720. The molecule has 0 bridgehead atoms. The van der Waals surface area contributed by atoms with E-state index in [1.54, 1.807) is 13.8 Å². The predicted octanol–water partition coefficient (Wildman–Crippen LogP) is 16.6. The minimum atomic E-state index is -5.55. The van der Waals surface area contributed by atoms with E-state index in [0.717, 1.165) is 35.4 Å². The molecule has 2 nitrogen and oxygen atoms in total.